The number of rotatable bonds is 13. The SMILES string of the molecule is CCC[C@@H](NC(=O)[C@@H]1C[C@@H](Oc2cc(-n3cccn3)nc3cc(OC)ccc23)CN1C(=O)[C@@H](NC(=O)NC(C)(C)C)C(C)(C)C)C(=O)C(=O)NC1CC1. The number of nitrogens with one attached hydrogen (secondary N) is 4. The third-order valence-corrected chi connectivity index (χ3v) is 9.07. The lowest BCUT2D eigenvalue weighted by Crippen LogP contribution is -2.61. The quantitative estimate of drug-likeness (QED) is 0.191. The molecule has 0 radical (unpaired) electrons. The van der Waals surface area contributed by atoms with Gasteiger partial charge in [0.05, 0.1) is 25.2 Å². The van der Waals surface area contributed by atoms with Crippen LogP contribution < -0.4 is 30.7 Å². The van der Waals surface area contributed by atoms with Crippen LogP contribution in [0.5, 0.6) is 11.5 Å². The summed E-state index contributed by atoms with van der Waals surface area (Å²) in [5.74, 6) is -1.01. The molecule has 15 heteroatoms. The highest BCUT2D eigenvalue weighted by atomic mass is 16.5. The van der Waals surface area contributed by atoms with Crippen molar-refractivity contribution in [2.45, 2.75) is 116 Å². The third kappa shape index (κ3) is 9.82. The molecule has 286 valence electrons. The van der Waals surface area contributed by atoms with E-state index in [0.29, 0.717) is 34.6 Å². The van der Waals surface area contributed by atoms with Crippen molar-refractivity contribution in [3.63, 3.8) is 0 Å². The molecule has 0 bridgehead atoms. The maximum atomic E-state index is 14.6. The van der Waals surface area contributed by atoms with Crippen LogP contribution in [0.4, 0.5) is 4.79 Å². The molecular weight excluding hydrogens is 680 g/mol. The van der Waals surface area contributed by atoms with Gasteiger partial charge < -0.3 is 35.6 Å². The number of likely N-dealkylation sites (tertiary alicyclic amines) is 1. The van der Waals surface area contributed by atoms with Crippen LogP contribution in [0.25, 0.3) is 16.7 Å². The molecular formula is C38H52N8O7. The molecule has 1 saturated carbocycles. The highest BCUT2D eigenvalue weighted by Gasteiger charge is 2.47. The van der Waals surface area contributed by atoms with Crippen LogP contribution in [0.1, 0.15) is 80.6 Å². The van der Waals surface area contributed by atoms with E-state index in [1.807, 2.05) is 54.5 Å². The fourth-order valence-electron chi connectivity index (χ4n) is 6.25. The Hall–Kier alpha value is -5.21. The van der Waals surface area contributed by atoms with Gasteiger partial charge in [0, 0.05) is 47.9 Å². The average molecular weight is 733 g/mol. The smallest absolute Gasteiger partial charge is 0.315 e. The predicted molar refractivity (Wildman–Crippen MR) is 198 cm³/mol. The Morgan fingerprint density at radius 1 is 1.02 bits per heavy atom. The normalized spacial score (nSPS) is 18.5. The van der Waals surface area contributed by atoms with Gasteiger partial charge in [-0.25, -0.2) is 14.5 Å². The average Bonchev–Trinajstić information content (AvgIpc) is 3.53. The summed E-state index contributed by atoms with van der Waals surface area (Å²) >= 11 is 0. The lowest BCUT2D eigenvalue weighted by Gasteiger charge is -2.36. The van der Waals surface area contributed by atoms with Crippen molar-refractivity contribution in [1.29, 1.82) is 0 Å². The number of carbonyl (C=O) groups is 5. The van der Waals surface area contributed by atoms with E-state index in [1.54, 1.807) is 48.5 Å². The number of amides is 5. The first kappa shape index (κ1) is 39.0. The van der Waals surface area contributed by atoms with Gasteiger partial charge in [0.1, 0.15) is 29.7 Å². The lowest BCUT2D eigenvalue weighted by atomic mass is 9.85. The van der Waals surface area contributed by atoms with Crippen molar-refractivity contribution in [1.82, 2.24) is 40.9 Å². The number of ether oxygens (including phenoxy) is 2. The zero-order valence-corrected chi connectivity index (χ0v) is 31.8. The van der Waals surface area contributed by atoms with Gasteiger partial charge >= 0.3 is 6.03 Å². The number of fused-ring (bicyclic) bond motifs is 1. The van der Waals surface area contributed by atoms with E-state index in [-0.39, 0.29) is 25.4 Å². The second-order valence-electron chi connectivity index (χ2n) is 15.9. The maximum Gasteiger partial charge on any atom is 0.315 e. The molecule has 1 saturated heterocycles. The van der Waals surface area contributed by atoms with E-state index >= 15 is 0 Å². The molecule has 2 aromatic heterocycles. The van der Waals surface area contributed by atoms with Crippen LogP contribution in [-0.4, -0.2) is 98.7 Å². The van der Waals surface area contributed by atoms with Crippen LogP contribution in [0.3, 0.4) is 0 Å². The summed E-state index contributed by atoms with van der Waals surface area (Å²) in [6.45, 7) is 12.8. The largest absolute Gasteiger partial charge is 0.497 e. The van der Waals surface area contributed by atoms with Gasteiger partial charge in [0.25, 0.3) is 5.91 Å². The number of hydrogen-bond acceptors (Lipinski definition) is 9. The van der Waals surface area contributed by atoms with Crippen molar-refractivity contribution in [2.24, 2.45) is 5.41 Å². The van der Waals surface area contributed by atoms with Crippen LogP contribution >= 0.6 is 0 Å². The molecule has 4 atom stereocenters. The standard InChI is InChI=1S/C38H52N8O7/c1-9-11-26(31(47)34(49)40-22-12-13-22)42-33(48)28-19-24(21-45(28)35(50)32(37(2,3)4)43-36(51)44-38(5,6)7)53-29-20-30(46-17-10-16-39-46)41-27-18-23(52-8)14-15-25(27)29/h10,14-18,20,22,24,26,28,32H,9,11-13,19,21H2,1-8H3,(H,40,49)(H,42,48)(H2,43,44,51)/t24-,26-,28+,32-/m1/s1. The summed E-state index contributed by atoms with van der Waals surface area (Å²) in [5, 5.41) is 16.2. The molecule has 3 heterocycles. The van der Waals surface area contributed by atoms with Crippen molar-refractivity contribution >= 4 is 40.4 Å². The van der Waals surface area contributed by atoms with Gasteiger partial charge in [0.2, 0.25) is 17.6 Å². The second-order valence-corrected chi connectivity index (χ2v) is 15.9. The second kappa shape index (κ2) is 15.8. The Kier molecular flexibility index (Phi) is 11.6. The number of methoxy groups -OCH3 is 1. The summed E-state index contributed by atoms with van der Waals surface area (Å²) in [4.78, 5) is 74.0. The Morgan fingerprint density at radius 2 is 1.75 bits per heavy atom. The van der Waals surface area contributed by atoms with E-state index in [4.69, 9.17) is 14.5 Å². The van der Waals surface area contributed by atoms with Crippen LogP contribution in [-0.2, 0) is 19.2 Å². The third-order valence-electron chi connectivity index (χ3n) is 9.07. The first-order valence-electron chi connectivity index (χ1n) is 18.2. The van der Waals surface area contributed by atoms with Gasteiger partial charge in [-0.2, -0.15) is 5.10 Å². The molecule has 1 aliphatic carbocycles. The maximum absolute atomic E-state index is 14.6. The Bertz CT molecular complexity index is 1830. The number of ketones is 1. The van der Waals surface area contributed by atoms with Crippen molar-refractivity contribution in [3.8, 4) is 17.3 Å². The fourth-order valence-corrected chi connectivity index (χ4v) is 6.25. The van der Waals surface area contributed by atoms with Gasteiger partial charge in [-0.3, -0.25) is 19.2 Å². The summed E-state index contributed by atoms with van der Waals surface area (Å²) in [6, 6.07) is 5.17. The number of aromatic nitrogens is 3. The highest BCUT2D eigenvalue weighted by Crippen LogP contribution is 2.34. The van der Waals surface area contributed by atoms with Crippen molar-refractivity contribution in [2.75, 3.05) is 13.7 Å². The number of Topliss-reactive ketones (excluding diaryl/α,β-unsaturated/α-hetero) is 1. The van der Waals surface area contributed by atoms with E-state index in [9.17, 15) is 24.0 Å². The highest BCUT2D eigenvalue weighted by molar-refractivity contribution is 6.38. The van der Waals surface area contributed by atoms with E-state index < -0.39 is 64.7 Å². The minimum Gasteiger partial charge on any atom is -0.497 e. The molecule has 0 unspecified atom stereocenters. The van der Waals surface area contributed by atoms with E-state index in [1.165, 1.54) is 4.90 Å². The molecule has 15 nitrogen and oxygen atoms in total. The van der Waals surface area contributed by atoms with Crippen LogP contribution in [0, 0.1) is 5.41 Å². The minimum absolute atomic E-state index is 0.00228. The molecule has 1 aliphatic heterocycles. The van der Waals surface area contributed by atoms with Gasteiger partial charge in [0.15, 0.2) is 5.82 Å². The summed E-state index contributed by atoms with van der Waals surface area (Å²) in [6.07, 6.45) is 5.17. The van der Waals surface area contributed by atoms with Crippen LogP contribution in [0.2, 0.25) is 0 Å². The number of carbonyl (C=O) groups excluding carboxylic acids is 5. The molecule has 1 aromatic carbocycles. The molecule has 5 rings (SSSR count). The lowest BCUT2D eigenvalue weighted by molar-refractivity contribution is -0.144. The van der Waals surface area contributed by atoms with Crippen molar-refractivity contribution < 1.29 is 33.4 Å². The topological polar surface area (TPSA) is 186 Å². The minimum atomic E-state index is -1.08. The molecule has 5 amide bonds. The summed E-state index contributed by atoms with van der Waals surface area (Å²) in [5.41, 5.74) is -0.740. The van der Waals surface area contributed by atoms with Gasteiger partial charge in [-0.1, -0.05) is 34.1 Å². The Labute approximate surface area is 309 Å². The zero-order valence-electron chi connectivity index (χ0n) is 31.8. The molecule has 2 fully saturated rings. The number of benzene rings is 1. The molecule has 0 spiro atoms. The molecule has 2 aliphatic rings. The summed E-state index contributed by atoms with van der Waals surface area (Å²) in [7, 11) is 1.57. The summed E-state index contributed by atoms with van der Waals surface area (Å²) < 4.78 is 13.7. The monoisotopic (exact) mass is 732 g/mol. The molecule has 3 aromatic rings. The molecule has 53 heavy (non-hydrogen) atoms. The number of urea groups is 1. The Balaban J connectivity index is 1.48. The Morgan fingerprint density at radius 3 is 2.36 bits per heavy atom. The van der Waals surface area contributed by atoms with Gasteiger partial charge in [-0.05, 0) is 63.6 Å². The number of pyridine rings is 1. The number of nitrogens with zero attached hydrogens (tertiary/aromatic N) is 4. The number of hydrogen-bond donors (Lipinski definition) is 4. The first-order chi connectivity index (χ1) is 25.0. The zero-order chi connectivity index (χ0) is 38.7. The van der Waals surface area contributed by atoms with Crippen LogP contribution in [0.15, 0.2) is 42.7 Å². The van der Waals surface area contributed by atoms with Crippen molar-refractivity contribution in [3.05, 3.63) is 42.7 Å². The van der Waals surface area contributed by atoms with E-state index in [2.05, 4.69) is 26.4 Å². The first-order valence-corrected chi connectivity index (χ1v) is 18.2. The van der Waals surface area contributed by atoms with E-state index in [0.717, 1.165) is 12.8 Å². The molecule has 4 N–H and O–H groups in total. The fraction of sp³-hybridized carbons (Fsp3) is 0.553. The predicted octanol–water partition coefficient (Wildman–Crippen LogP) is 3.42. The van der Waals surface area contributed by atoms with Gasteiger partial charge in [-0.15, -0.1) is 0 Å².